The zero-order chi connectivity index (χ0) is 13.5. The smallest absolute Gasteiger partial charge is 0.377 e. The van der Waals surface area contributed by atoms with E-state index in [-0.39, 0.29) is 0 Å². The number of alkyl halides is 2. The fraction of sp³-hybridized carbons (Fsp3) is 0.923. The summed E-state index contributed by atoms with van der Waals surface area (Å²) in [6.07, 6.45) is 2.66. The lowest BCUT2D eigenvalue weighted by Gasteiger charge is -2.16. The third kappa shape index (κ3) is 3.05. The quantitative estimate of drug-likeness (QED) is 0.760. The average molecular weight is 274 g/mol. The Balaban J connectivity index is 1.34. The number of rotatable bonds is 5. The van der Waals surface area contributed by atoms with Crippen LogP contribution in [0, 0.1) is 5.92 Å². The van der Waals surface area contributed by atoms with Gasteiger partial charge in [0.25, 0.3) is 0 Å². The molecular weight excluding hydrogens is 254 g/mol. The summed E-state index contributed by atoms with van der Waals surface area (Å²) in [7, 11) is 0. The molecule has 1 aliphatic carbocycles. The van der Waals surface area contributed by atoms with E-state index in [1.54, 1.807) is 0 Å². The highest BCUT2D eigenvalue weighted by atomic mass is 19.3. The van der Waals surface area contributed by atoms with E-state index < -0.39 is 24.4 Å². The number of halogens is 2. The highest BCUT2D eigenvalue weighted by Gasteiger charge is 2.50. The zero-order valence-corrected chi connectivity index (χ0v) is 10.9. The van der Waals surface area contributed by atoms with E-state index in [1.807, 2.05) is 0 Å². The van der Waals surface area contributed by atoms with Gasteiger partial charge < -0.3 is 15.0 Å². The van der Waals surface area contributed by atoms with Crippen LogP contribution in [0.15, 0.2) is 0 Å². The van der Waals surface area contributed by atoms with Crippen LogP contribution < -0.4 is 5.32 Å². The van der Waals surface area contributed by atoms with Crippen molar-refractivity contribution >= 4 is 5.97 Å². The molecule has 6 heteroatoms. The van der Waals surface area contributed by atoms with Crippen LogP contribution in [0.5, 0.6) is 0 Å². The van der Waals surface area contributed by atoms with Crippen molar-refractivity contribution in [3.05, 3.63) is 0 Å². The lowest BCUT2D eigenvalue weighted by atomic mass is 10.1. The number of nitrogens with one attached hydrogen (secondary N) is 1. The molecule has 0 aromatic rings. The van der Waals surface area contributed by atoms with Gasteiger partial charge in [0, 0.05) is 19.1 Å². The predicted molar refractivity (Wildman–Crippen MR) is 65.0 cm³/mol. The molecule has 2 atom stereocenters. The van der Waals surface area contributed by atoms with E-state index in [0.717, 1.165) is 25.7 Å². The standard InChI is InChI=1S/C13H20F2N2O2/c14-13(15)5-11(19-12(13)18)7-16-6-9-3-4-17(8-9)10-1-2-10/h9-11,16H,1-8H2. The summed E-state index contributed by atoms with van der Waals surface area (Å²) in [6, 6.07) is 0.805. The number of hydrogen-bond acceptors (Lipinski definition) is 4. The minimum absolute atomic E-state index is 0.335. The van der Waals surface area contributed by atoms with Gasteiger partial charge in [-0.2, -0.15) is 8.78 Å². The van der Waals surface area contributed by atoms with Crippen LogP contribution in [0.4, 0.5) is 8.78 Å². The maximum Gasteiger partial charge on any atom is 0.377 e. The van der Waals surface area contributed by atoms with E-state index >= 15 is 0 Å². The predicted octanol–water partition coefficient (Wildman–Crippen LogP) is 1.01. The molecule has 3 fully saturated rings. The fourth-order valence-corrected chi connectivity index (χ4v) is 3.01. The third-order valence-corrected chi connectivity index (χ3v) is 4.24. The second-order valence-corrected chi connectivity index (χ2v) is 5.97. The lowest BCUT2D eigenvalue weighted by Crippen LogP contribution is -2.32. The molecule has 0 spiro atoms. The van der Waals surface area contributed by atoms with Crippen LogP contribution in [0.1, 0.15) is 25.7 Å². The van der Waals surface area contributed by atoms with Crippen molar-refractivity contribution in [2.75, 3.05) is 26.2 Å². The number of likely N-dealkylation sites (tertiary alicyclic amines) is 1. The monoisotopic (exact) mass is 274 g/mol. The lowest BCUT2D eigenvalue weighted by molar-refractivity contribution is -0.159. The van der Waals surface area contributed by atoms with Crippen molar-refractivity contribution in [3.8, 4) is 0 Å². The molecule has 0 radical (unpaired) electrons. The van der Waals surface area contributed by atoms with E-state index in [1.165, 1.54) is 19.3 Å². The molecule has 0 amide bonds. The van der Waals surface area contributed by atoms with Gasteiger partial charge in [-0.05, 0) is 38.3 Å². The molecular formula is C13H20F2N2O2. The average Bonchev–Trinajstić information content (AvgIpc) is 3.03. The van der Waals surface area contributed by atoms with E-state index in [2.05, 4.69) is 15.0 Å². The summed E-state index contributed by atoms with van der Waals surface area (Å²) >= 11 is 0. The van der Waals surface area contributed by atoms with Crippen LogP contribution in [0.25, 0.3) is 0 Å². The zero-order valence-electron chi connectivity index (χ0n) is 10.9. The molecule has 0 aromatic carbocycles. The van der Waals surface area contributed by atoms with Crippen molar-refractivity contribution < 1.29 is 18.3 Å². The number of ether oxygens (including phenoxy) is 1. The van der Waals surface area contributed by atoms with Gasteiger partial charge in [0.2, 0.25) is 0 Å². The second kappa shape index (κ2) is 4.98. The molecule has 0 bridgehead atoms. The minimum atomic E-state index is -3.29. The molecule has 0 aromatic heterocycles. The van der Waals surface area contributed by atoms with Crippen LogP contribution in [-0.2, 0) is 9.53 Å². The molecule has 2 unspecified atom stereocenters. The van der Waals surface area contributed by atoms with Crippen LogP contribution >= 0.6 is 0 Å². The number of esters is 1. The second-order valence-electron chi connectivity index (χ2n) is 5.97. The molecule has 108 valence electrons. The third-order valence-electron chi connectivity index (χ3n) is 4.24. The first-order valence-electron chi connectivity index (χ1n) is 7.08. The van der Waals surface area contributed by atoms with Gasteiger partial charge in [0.05, 0.1) is 6.42 Å². The Kier molecular flexibility index (Phi) is 3.47. The van der Waals surface area contributed by atoms with Gasteiger partial charge in [-0.25, -0.2) is 4.79 Å². The molecule has 1 saturated carbocycles. The summed E-state index contributed by atoms with van der Waals surface area (Å²) in [5.74, 6) is -4.07. The SMILES string of the molecule is O=C1OC(CNCC2CCN(C3CC3)C2)CC1(F)F. The maximum absolute atomic E-state index is 13.0. The fourth-order valence-electron chi connectivity index (χ4n) is 3.01. The van der Waals surface area contributed by atoms with Gasteiger partial charge in [0.1, 0.15) is 6.10 Å². The van der Waals surface area contributed by atoms with Crippen LogP contribution in [0.2, 0.25) is 0 Å². The Morgan fingerprint density at radius 1 is 1.32 bits per heavy atom. The summed E-state index contributed by atoms with van der Waals surface area (Å²) in [4.78, 5) is 13.4. The highest BCUT2D eigenvalue weighted by molar-refractivity contribution is 5.79. The molecule has 3 rings (SSSR count). The Morgan fingerprint density at radius 2 is 2.11 bits per heavy atom. The molecule has 2 aliphatic heterocycles. The number of nitrogens with zero attached hydrogens (tertiary/aromatic N) is 1. The molecule has 19 heavy (non-hydrogen) atoms. The summed E-state index contributed by atoms with van der Waals surface area (Å²) in [6.45, 7) is 3.43. The molecule has 2 heterocycles. The molecule has 4 nitrogen and oxygen atoms in total. The van der Waals surface area contributed by atoms with Gasteiger partial charge in [-0.1, -0.05) is 0 Å². The van der Waals surface area contributed by atoms with E-state index in [9.17, 15) is 13.6 Å². The largest absolute Gasteiger partial charge is 0.456 e. The molecule has 3 aliphatic rings. The van der Waals surface area contributed by atoms with E-state index in [0.29, 0.717) is 12.5 Å². The van der Waals surface area contributed by atoms with Gasteiger partial charge in [-0.3, -0.25) is 0 Å². The number of carbonyl (C=O) groups excluding carboxylic acids is 1. The Labute approximate surface area is 111 Å². The van der Waals surface area contributed by atoms with Crippen molar-refractivity contribution in [3.63, 3.8) is 0 Å². The number of hydrogen-bond donors (Lipinski definition) is 1. The Bertz CT molecular complexity index is 361. The van der Waals surface area contributed by atoms with Crippen molar-refractivity contribution in [2.45, 2.75) is 43.8 Å². The van der Waals surface area contributed by atoms with Crippen molar-refractivity contribution in [1.82, 2.24) is 10.2 Å². The van der Waals surface area contributed by atoms with Gasteiger partial charge in [-0.15, -0.1) is 0 Å². The number of cyclic esters (lactones) is 1. The van der Waals surface area contributed by atoms with Gasteiger partial charge >= 0.3 is 11.9 Å². The minimum Gasteiger partial charge on any atom is -0.456 e. The Morgan fingerprint density at radius 3 is 2.74 bits per heavy atom. The number of carbonyl (C=O) groups is 1. The summed E-state index contributed by atoms with van der Waals surface area (Å²) in [5.41, 5.74) is 0. The molecule has 2 saturated heterocycles. The van der Waals surface area contributed by atoms with Gasteiger partial charge in [0.15, 0.2) is 0 Å². The summed E-state index contributed by atoms with van der Waals surface area (Å²) in [5, 5.41) is 3.17. The van der Waals surface area contributed by atoms with Crippen LogP contribution in [-0.4, -0.2) is 55.1 Å². The first kappa shape index (κ1) is 13.2. The topological polar surface area (TPSA) is 41.6 Å². The van der Waals surface area contributed by atoms with Crippen molar-refractivity contribution in [1.29, 1.82) is 0 Å². The van der Waals surface area contributed by atoms with Crippen molar-refractivity contribution in [2.24, 2.45) is 5.92 Å². The first-order valence-corrected chi connectivity index (χ1v) is 7.08. The molecule has 1 N–H and O–H groups in total. The highest BCUT2D eigenvalue weighted by Crippen LogP contribution is 2.32. The van der Waals surface area contributed by atoms with E-state index in [4.69, 9.17) is 0 Å². The normalized spacial score (nSPS) is 34.7. The maximum atomic E-state index is 13.0. The van der Waals surface area contributed by atoms with Crippen LogP contribution in [0.3, 0.4) is 0 Å². The Hall–Kier alpha value is -0.750. The first-order chi connectivity index (χ1) is 9.04. The summed E-state index contributed by atoms with van der Waals surface area (Å²) < 4.78 is 30.6.